The number of hydroxylamine groups is 2. The highest BCUT2D eigenvalue weighted by atomic mass is 16.6. The molecule has 3 fully saturated rings. The Labute approximate surface area is 187 Å². The van der Waals surface area contributed by atoms with Crippen LogP contribution in [0, 0.1) is 0 Å². The standard InChI is InChI=1S/C22H31N5O5/c1-22(2,3)32-21(30)25-10-8-14(9-11-25)15-4-7-18(23-12-15)24-19(28)17-6-5-16-13-26(17)20(29)27(16)31/h4,7,12,14,16-17,31H,5-6,8-11,13H2,1-3H3,(H,23,24,28)/t16-,17+/m1/s1. The van der Waals surface area contributed by atoms with Gasteiger partial charge in [0.15, 0.2) is 0 Å². The molecule has 4 rings (SSSR count). The lowest BCUT2D eigenvalue weighted by atomic mass is 9.90. The van der Waals surface area contributed by atoms with Crippen LogP contribution in [0.25, 0.3) is 0 Å². The lowest BCUT2D eigenvalue weighted by molar-refractivity contribution is -0.121. The van der Waals surface area contributed by atoms with Gasteiger partial charge in [-0.1, -0.05) is 6.07 Å². The van der Waals surface area contributed by atoms with Crippen LogP contribution in [-0.4, -0.2) is 80.4 Å². The molecule has 0 aliphatic carbocycles. The molecular weight excluding hydrogens is 414 g/mol. The highest BCUT2D eigenvalue weighted by molar-refractivity contribution is 5.97. The van der Waals surface area contributed by atoms with Gasteiger partial charge in [0.05, 0.1) is 6.04 Å². The molecule has 0 aromatic carbocycles. The van der Waals surface area contributed by atoms with E-state index < -0.39 is 17.7 Å². The number of nitrogens with zero attached hydrogens (tertiary/aromatic N) is 4. The van der Waals surface area contributed by atoms with Crippen molar-refractivity contribution in [2.75, 3.05) is 25.0 Å². The highest BCUT2D eigenvalue weighted by Gasteiger charge is 2.46. The Morgan fingerprint density at radius 1 is 1.16 bits per heavy atom. The number of piperidine rings is 2. The molecule has 0 spiro atoms. The van der Waals surface area contributed by atoms with E-state index in [0.717, 1.165) is 23.5 Å². The lowest BCUT2D eigenvalue weighted by Gasteiger charge is -2.33. The van der Waals surface area contributed by atoms with Crippen molar-refractivity contribution in [1.82, 2.24) is 19.8 Å². The van der Waals surface area contributed by atoms with Crippen molar-refractivity contribution in [3.05, 3.63) is 23.9 Å². The molecule has 3 aliphatic rings. The normalized spacial score (nSPS) is 24.0. The number of carbonyl (C=O) groups excluding carboxylic acids is 3. The van der Waals surface area contributed by atoms with Gasteiger partial charge in [-0.2, -0.15) is 0 Å². The second kappa shape index (κ2) is 8.57. The molecule has 10 nitrogen and oxygen atoms in total. The summed E-state index contributed by atoms with van der Waals surface area (Å²) in [5.74, 6) is 0.427. The van der Waals surface area contributed by atoms with Crippen molar-refractivity contribution in [3.63, 3.8) is 0 Å². The fraction of sp³-hybridized carbons (Fsp3) is 0.636. The largest absolute Gasteiger partial charge is 0.444 e. The average Bonchev–Trinajstić information content (AvgIpc) is 2.97. The number of rotatable bonds is 3. The van der Waals surface area contributed by atoms with Crippen molar-refractivity contribution in [2.24, 2.45) is 0 Å². The first kappa shape index (κ1) is 22.3. The first-order chi connectivity index (χ1) is 15.1. The van der Waals surface area contributed by atoms with E-state index in [1.165, 1.54) is 4.90 Å². The molecule has 1 aromatic rings. The maximum Gasteiger partial charge on any atom is 0.410 e. The van der Waals surface area contributed by atoms with Crippen LogP contribution in [-0.2, 0) is 9.53 Å². The number of aromatic nitrogens is 1. The summed E-state index contributed by atoms with van der Waals surface area (Å²) in [5.41, 5.74) is 0.565. The van der Waals surface area contributed by atoms with Gasteiger partial charge in [0.1, 0.15) is 17.5 Å². The Morgan fingerprint density at radius 2 is 1.88 bits per heavy atom. The fourth-order valence-corrected chi connectivity index (χ4v) is 4.58. The zero-order valence-electron chi connectivity index (χ0n) is 18.8. The van der Waals surface area contributed by atoms with Crippen LogP contribution in [0.15, 0.2) is 18.3 Å². The van der Waals surface area contributed by atoms with E-state index in [1.54, 1.807) is 17.2 Å². The van der Waals surface area contributed by atoms with Gasteiger partial charge in [0.25, 0.3) is 0 Å². The van der Waals surface area contributed by atoms with Gasteiger partial charge >= 0.3 is 12.1 Å². The van der Waals surface area contributed by atoms with Crippen LogP contribution in [0.1, 0.15) is 57.9 Å². The van der Waals surface area contributed by atoms with Crippen LogP contribution in [0.3, 0.4) is 0 Å². The molecule has 0 radical (unpaired) electrons. The van der Waals surface area contributed by atoms with E-state index in [2.05, 4.69) is 10.3 Å². The molecule has 2 bridgehead atoms. The SMILES string of the molecule is CC(C)(C)OC(=O)N1CCC(c2ccc(NC(=O)[C@@H]3CC[C@@H]4CN3C(=O)N4O)nc2)CC1. The van der Waals surface area contributed by atoms with Gasteiger partial charge in [-0.25, -0.2) is 19.6 Å². The zero-order chi connectivity index (χ0) is 23.0. The van der Waals surface area contributed by atoms with Gasteiger partial charge in [-0.15, -0.1) is 0 Å². The number of fused-ring (bicyclic) bond motifs is 2. The summed E-state index contributed by atoms with van der Waals surface area (Å²) in [6.07, 6.45) is 4.23. The number of ether oxygens (including phenoxy) is 1. The number of urea groups is 1. The third kappa shape index (κ3) is 4.64. The number of nitrogens with one attached hydrogen (secondary N) is 1. The highest BCUT2D eigenvalue weighted by Crippen LogP contribution is 2.30. The number of amides is 4. The molecule has 0 unspecified atom stereocenters. The van der Waals surface area contributed by atoms with Gasteiger partial charge in [0.2, 0.25) is 5.91 Å². The Hall–Kier alpha value is -2.88. The Kier molecular flexibility index (Phi) is 5.98. The summed E-state index contributed by atoms with van der Waals surface area (Å²) in [6, 6.07) is 2.36. The molecule has 1 aromatic heterocycles. The maximum atomic E-state index is 12.7. The molecular formula is C22H31N5O5. The number of carbonyl (C=O) groups is 3. The molecule has 4 heterocycles. The van der Waals surface area contributed by atoms with Crippen LogP contribution < -0.4 is 5.32 Å². The molecule has 32 heavy (non-hydrogen) atoms. The minimum absolute atomic E-state index is 0.231. The van der Waals surface area contributed by atoms with Crippen LogP contribution in [0.2, 0.25) is 0 Å². The number of pyridine rings is 1. The predicted octanol–water partition coefficient (Wildman–Crippen LogP) is 2.79. The van der Waals surface area contributed by atoms with Crippen molar-refractivity contribution in [1.29, 1.82) is 0 Å². The molecule has 2 N–H and O–H groups in total. The van der Waals surface area contributed by atoms with Crippen molar-refractivity contribution in [3.8, 4) is 0 Å². The first-order valence-corrected chi connectivity index (χ1v) is 11.2. The molecule has 3 saturated heterocycles. The van der Waals surface area contributed by atoms with Crippen LogP contribution in [0.4, 0.5) is 15.4 Å². The summed E-state index contributed by atoms with van der Waals surface area (Å²) in [4.78, 5) is 44.6. The minimum atomic E-state index is -0.602. The smallest absolute Gasteiger partial charge is 0.410 e. The second-order valence-electron chi connectivity index (χ2n) is 9.73. The summed E-state index contributed by atoms with van der Waals surface area (Å²) in [6.45, 7) is 7.21. The van der Waals surface area contributed by atoms with Crippen molar-refractivity contribution in [2.45, 2.75) is 70.1 Å². The average molecular weight is 446 g/mol. The van der Waals surface area contributed by atoms with E-state index in [4.69, 9.17) is 4.74 Å². The van der Waals surface area contributed by atoms with E-state index in [-0.39, 0.29) is 18.0 Å². The number of anilines is 1. The molecule has 2 atom stereocenters. The molecule has 4 amide bonds. The number of likely N-dealkylation sites (tertiary alicyclic amines) is 1. The third-order valence-corrected chi connectivity index (χ3v) is 6.30. The summed E-state index contributed by atoms with van der Waals surface area (Å²) in [7, 11) is 0. The molecule has 0 saturated carbocycles. The third-order valence-electron chi connectivity index (χ3n) is 6.30. The van der Waals surface area contributed by atoms with Gasteiger partial charge in [0, 0.05) is 25.8 Å². The van der Waals surface area contributed by atoms with Gasteiger partial charge in [-0.3, -0.25) is 10.0 Å². The summed E-state index contributed by atoms with van der Waals surface area (Å²) >= 11 is 0. The van der Waals surface area contributed by atoms with E-state index in [0.29, 0.717) is 44.2 Å². The fourth-order valence-electron chi connectivity index (χ4n) is 4.58. The van der Waals surface area contributed by atoms with Gasteiger partial charge < -0.3 is 19.9 Å². The second-order valence-corrected chi connectivity index (χ2v) is 9.73. The minimum Gasteiger partial charge on any atom is -0.444 e. The molecule has 3 aliphatic heterocycles. The Balaban J connectivity index is 1.30. The van der Waals surface area contributed by atoms with E-state index in [1.807, 2.05) is 26.8 Å². The maximum absolute atomic E-state index is 12.7. The predicted molar refractivity (Wildman–Crippen MR) is 115 cm³/mol. The van der Waals surface area contributed by atoms with Crippen molar-refractivity contribution >= 4 is 23.8 Å². The topological polar surface area (TPSA) is 115 Å². The summed E-state index contributed by atoms with van der Waals surface area (Å²) in [5, 5.41) is 13.3. The zero-order valence-corrected chi connectivity index (χ0v) is 18.8. The Bertz CT molecular complexity index is 876. The van der Waals surface area contributed by atoms with Crippen LogP contribution >= 0.6 is 0 Å². The Morgan fingerprint density at radius 3 is 2.50 bits per heavy atom. The van der Waals surface area contributed by atoms with Gasteiger partial charge in [-0.05, 0) is 64.0 Å². The monoisotopic (exact) mass is 445 g/mol. The number of hydrogen-bond acceptors (Lipinski definition) is 6. The summed E-state index contributed by atoms with van der Waals surface area (Å²) < 4.78 is 5.45. The van der Waals surface area contributed by atoms with E-state index in [9.17, 15) is 19.6 Å². The van der Waals surface area contributed by atoms with Crippen molar-refractivity contribution < 1.29 is 24.3 Å². The quantitative estimate of drug-likeness (QED) is 0.692. The first-order valence-electron chi connectivity index (χ1n) is 11.2. The lowest BCUT2D eigenvalue weighted by Crippen LogP contribution is -2.47. The molecule has 174 valence electrons. The van der Waals surface area contributed by atoms with Crippen LogP contribution in [0.5, 0.6) is 0 Å². The number of hydrogen-bond donors (Lipinski definition) is 2. The molecule has 10 heteroatoms. The van der Waals surface area contributed by atoms with E-state index >= 15 is 0 Å².